The smallest absolute Gasteiger partial charge is 0.220 e. The lowest BCUT2D eigenvalue weighted by Crippen LogP contribution is -2.60. The monoisotopic (exact) mass is 872 g/mol. The molecule has 1 aliphatic rings. The van der Waals surface area contributed by atoms with Crippen molar-refractivity contribution in [3.63, 3.8) is 0 Å². The van der Waals surface area contributed by atoms with Gasteiger partial charge in [-0.2, -0.15) is 0 Å². The maximum atomic E-state index is 13.0. The Hall–Kier alpha value is -0.850. The largest absolute Gasteiger partial charge is 0.394 e. The van der Waals surface area contributed by atoms with Crippen LogP contribution < -0.4 is 5.32 Å². The number of hydrogen-bond acceptors (Lipinski definition) is 9. The molecule has 10 nitrogen and oxygen atoms in total. The molecule has 1 amide bonds. The second-order valence-electron chi connectivity index (χ2n) is 18.8. The quantitative estimate of drug-likeness (QED) is 0.0295. The van der Waals surface area contributed by atoms with Gasteiger partial charge >= 0.3 is 0 Å². The third-order valence-electron chi connectivity index (χ3n) is 13.1. The molecule has 0 spiro atoms. The molecule has 61 heavy (non-hydrogen) atoms. The van der Waals surface area contributed by atoms with Gasteiger partial charge in [-0.3, -0.25) is 4.79 Å². The van der Waals surface area contributed by atoms with Crippen molar-refractivity contribution in [3.8, 4) is 0 Å². The molecule has 1 heterocycles. The van der Waals surface area contributed by atoms with Crippen LogP contribution in [0.4, 0.5) is 0 Å². The van der Waals surface area contributed by atoms with Crippen LogP contribution in [0.2, 0.25) is 0 Å². The molecule has 1 fully saturated rings. The van der Waals surface area contributed by atoms with Crippen molar-refractivity contribution in [3.05, 3.63) is 0 Å². The first-order valence-electron chi connectivity index (χ1n) is 26.3. The first-order valence-corrected chi connectivity index (χ1v) is 26.3. The number of amides is 1. The Labute approximate surface area is 375 Å². The Morgan fingerprint density at radius 3 is 1.21 bits per heavy atom. The summed E-state index contributed by atoms with van der Waals surface area (Å²) >= 11 is 0. The molecular formula is C51H101NO9. The summed E-state index contributed by atoms with van der Waals surface area (Å²) in [6.45, 7) is 3.62. The molecule has 0 bridgehead atoms. The van der Waals surface area contributed by atoms with Crippen molar-refractivity contribution in [2.75, 3.05) is 13.2 Å². The number of aliphatic hydroxyl groups is 6. The van der Waals surface area contributed by atoms with E-state index in [0.29, 0.717) is 6.42 Å². The van der Waals surface area contributed by atoms with E-state index in [4.69, 9.17) is 9.47 Å². The van der Waals surface area contributed by atoms with Crippen LogP contribution >= 0.6 is 0 Å². The van der Waals surface area contributed by atoms with Crippen LogP contribution in [-0.2, 0) is 14.3 Å². The summed E-state index contributed by atoms with van der Waals surface area (Å²) in [5.41, 5.74) is 0. The average Bonchev–Trinajstić information content (AvgIpc) is 3.26. The Balaban J connectivity index is 2.22. The zero-order valence-corrected chi connectivity index (χ0v) is 39.8. The molecule has 1 saturated heterocycles. The average molecular weight is 872 g/mol. The van der Waals surface area contributed by atoms with Crippen molar-refractivity contribution in [2.24, 2.45) is 0 Å². The lowest BCUT2D eigenvalue weighted by atomic mass is 9.98. The first kappa shape index (κ1) is 58.2. The van der Waals surface area contributed by atoms with Gasteiger partial charge in [-0.1, -0.05) is 239 Å². The molecule has 10 heteroatoms. The van der Waals surface area contributed by atoms with Crippen molar-refractivity contribution < 1.29 is 44.9 Å². The van der Waals surface area contributed by atoms with Crippen LogP contribution in [0.25, 0.3) is 0 Å². The van der Waals surface area contributed by atoms with E-state index >= 15 is 0 Å². The van der Waals surface area contributed by atoms with Gasteiger partial charge in [0.1, 0.15) is 30.5 Å². The third-order valence-corrected chi connectivity index (χ3v) is 13.1. The molecule has 1 unspecified atom stereocenters. The van der Waals surface area contributed by atoms with Crippen LogP contribution in [0, 0.1) is 0 Å². The molecule has 364 valence electrons. The number of ether oxygens (including phenoxy) is 2. The second-order valence-corrected chi connectivity index (χ2v) is 18.8. The predicted octanol–water partition coefficient (Wildman–Crippen LogP) is 10.9. The number of carbonyl (C=O) groups is 1. The summed E-state index contributed by atoms with van der Waals surface area (Å²) in [5, 5.41) is 65.2. The molecule has 1 rings (SSSR count). The number of unbranched alkanes of at least 4 members (excludes halogenated alkanes) is 34. The Morgan fingerprint density at radius 1 is 0.508 bits per heavy atom. The van der Waals surface area contributed by atoms with Gasteiger partial charge in [-0.25, -0.2) is 0 Å². The Bertz CT molecular complexity index is 942. The van der Waals surface area contributed by atoms with Gasteiger partial charge in [0.2, 0.25) is 5.91 Å². The lowest BCUT2D eigenvalue weighted by molar-refractivity contribution is -0.303. The van der Waals surface area contributed by atoms with E-state index in [2.05, 4.69) is 19.2 Å². The number of rotatable bonds is 45. The van der Waals surface area contributed by atoms with Crippen molar-refractivity contribution in [1.29, 1.82) is 0 Å². The standard InChI is InChI=1S/C51H101NO9/c1-3-5-7-9-11-13-15-16-17-18-19-20-21-22-23-24-25-26-27-28-30-32-34-36-38-40-46(55)52-43(42-60-51-50(59)49(58)48(57)45(41-53)61-51)47(56)44(54)39-37-35-33-31-29-14-12-10-8-6-4-2/h43-45,47-51,53-54,56-59H,3-42H2,1-2H3,(H,52,55)/t43-,44+,45+,47-,48-,49-,50+,51?/m0/s1. The minimum atomic E-state index is -1.60. The molecule has 0 radical (unpaired) electrons. The van der Waals surface area contributed by atoms with E-state index in [-0.39, 0.29) is 18.9 Å². The van der Waals surface area contributed by atoms with E-state index < -0.39 is 55.6 Å². The fourth-order valence-electron chi connectivity index (χ4n) is 8.79. The summed E-state index contributed by atoms with van der Waals surface area (Å²) in [4.78, 5) is 13.0. The highest BCUT2D eigenvalue weighted by atomic mass is 16.7. The molecule has 0 aliphatic carbocycles. The summed E-state index contributed by atoms with van der Waals surface area (Å²) in [5.74, 6) is -0.252. The number of aliphatic hydroxyl groups excluding tert-OH is 6. The summed E-state index contributed by atoms with van der Waals surface area (Å²) in [6.07, 6.45) is 37.0. The molecule has 1 aliphatic heterocycles. The van der Waals surface area contributed by atoms with Crippen LogP contribution in [0.5, 0.6) is 0 Å². The van der Waals surface area contributed by atoms with Gasteiger partial charge in [0.05, 0.1) is 25.4 Å². The first-order chi connectivity index (χ1) is 29.8. The van der Waals surface area contributed by atoms with E-state index in [9.17, 15) is 35.4 Å². The van der Waals surface area contributed by atoms with Gasteiger partial charge < -0.3 is 45.4 Å². The van der Waals surface area contributed by atoms with E-state index in [1.807, 2.05) is 0 Å². The highest BCUT2D eigenvalue weighted by molar-refractivity contribution is 5.76. The van der Waals surface area contributed by atoms with Crippen LogP contribution in [0.1, 0.15) is 258 Å². The summed E-state index contributed by atoms with van der Waals surface area (Å²) in [7, 11) is 0. The van der Waals surface area contributed by atoms with Gasteiger partial charge in [0.25, 0.3) is 0 Å². The number of carbonyl (C=O) groups excluding carboxylic acids is 1. The van der Waals surface area contributed by atoms with Crippen LogP contribution in [-0.4, -0.2) is 98.7 Å². The molecule has 0 aromatic carbocycles. The lowest BCUT2D eigenvalue weighted by Gasteiger charge is -2.40. The number of nitrogens with one attached hydrogen (secondary N) is 1. The minimum absolute atomic E-state index is 0.252. The zero-order valence-electron chi connectivity index (χ0n) is 39.8. The third kappa shape index (κ3) is 31.6. The fraction of sp³-hybridized carbons (Fsp3) is 0.980. The topological polar surface area (TPSA) is 169 Å². The van der Waals surface area contributed by atoms with Gasteiger partial charge in [-0.05, 0) is 12.8 Å². The Morgan fingerprint density at radius 2 is 0.852 bits per heavy atom. The number of hydrogen-bond donors (Lipinski definition) is 7. The van der Waals surface area contributed by atoms with Crippen molar-refractivity contribution in [1.82, 2.24) is 5.32 Å². The Kier molecular flexibility index (Phi) is 39.9. The summed E-state index contributed by atoms with van der Waals surface area (Å²) < 4.78 is 11.2. The normalized spacial score (nSPS) is 20.8. The van der Waals surface area contributed by atoms with Crippen LogP contribution in [0.3, 0.4) is 0 Å². The maximum Gasteiger partial charge on any atom is 0.220 e. The molecule has 7 N–H and O–H groups in total. The predicted molar refractivity (Wildman–Crippen MR) is 250 cm³/mol. The maximum absolute atomic E-state index is 13.0. The van der Waals surface area contributed by atoms with E-state index in [0.717, 1.165) is 44.9 Å². The van der Waals surface area contributed by atoms with Crippen molar-refractivity contribution in [2.45, 2.75) is 307 Å². The van der Waals surface area contributed by atoms with Gasteiger partial charge in [0.15, 0.2) is 6.29 Å². The van der Waals surface area contributed by atoms with E-state index in [1.165, 1.54) is 186 Å². The molecule has 0 saturated carbocycles. The highest BCUT2D eigenvalue weighted by Gasteiger charge is 2.44. The molecule has 8 atom stereocenters. The second kappa shape index (κ2) is 41.8. The van der Waals surface area contributed by atoms with E-state index in [1.54, 1.807) is 0 Å². The van der Waals surface area contributed by atoms with Gasteiger partial charge in [0, 0.05) is 6.42 Å². The van der Waals surface area contributed by atoms with Crippen molar-refractivity contribution >= 4 is 5.91 Å². The molecule has 0 aromatic heterocycles. The van der Waals surface area contributed by atoms with Gasteiger partial charge in [-0.15, -0.1) is 0 Å². The fourth-order valence-corrected chi connectivity index (χ4v) is 8.79. The SMILES string of the molecule is CCCCCCCCCCCCCCCCCCCCCCCCCCCC(=O)N[C@@H](COC1O[C@H](CO)[C@H](O)[C@H](O)[C@H]1O)[C@H](O)[C@H](O)CCCCCCCCCCCCC. The van der Waals surface area contributed by atoms with Crippen LogP contribution in [0.15, 0.2) is 0 Å². The highest BCUT2D eigenvalue weighted by Crippen LogP contribution is 2.23. The summed E-state index contributed by atoms with van der Waals surface area (Å²) in [6, 6.07) is -0.984. The molecular weight excluding hydrogens is 771 g/mol. The zero-order chi connectivity index (χ0) is 44.6. The minimum Gasteiger partial charge on any atom is -0.394 e. The molecule has 0 aromatic rings.